The number of nitrogens with zero attached hydrogens (tertiary/aromatic N) is 2. The Kier molecular flexibility index (Phi) is 9.15. The van der Waals surface area contributed by atoms with E-state index in [1.165, 1.54) is 0 Å². The minimum Gasteiger partial charge on any atom is -0.380 e. The molecule has 1 aromatic heterocycles. The van der Waals surface area contributed by atoms with E-state index < -0.39 is 0 Å². The van der Waals surface area contributed by atoms with Crippen molar-refractivity contribution in [2.24, 2.45) is 5.73 Å². The lowest BCUT2D eigenvalue weighted by Gasteiger charge is -2.30. The van der Waals surface area contributed by atoms with Gasteiger partial charge >= 0.3 is 0 Å². The Balaban J connectivity index is 2.66. The highest BCUT2D eigenvalue weighted by Gasteiger charge is 2.19. The van der Waals surface area contributed by atoms with Crippen LogP contribution in [0.4, 0.5) is 0 Å². The summed E-state index contributed by atoms with van der Waals surface area (Å²) in [6.07, 6.45) is 1.81. The van der Waals surface area contributed by atoms with Gasteiger partial charge in [0, 0.05) is 39.0 Å². The molecule has 1 heterocycles. The van der Waals surface area contributed by atoms with Gasteiger partial charge in [0.05, 0.1) is 24.9 Å². The molecule has 2 N–H and O–H groups in total. The van der Waals surface area contributed by atoms with E-state index in [1.807, 2.05) is 32.0 Å². The molecule has 0 fully saturated rings. The zero-order valence-corrected chi connectivity index (χ0v) is 12.6. The Labute approximate surface area is 122 Å². The quantitative estimate of drug-likeness (QED) is 0.622. The number of rotatable bonds is 11. The summed E-state index contributed by atoms with van der Waals surface area (Å²) in [5.41, 5.74) is 6.95. The van der Waals surface area contributed by atoms with Crippen molar-refractivity contribution >= 4 is 0 Å². The molecule has 0 bridgehead atoms. The second kappa shape index (κ2) is 10.7. The standard InChI is InChI=1S/C15H27N3O2/c1-3-19-11-9-18(10-12-20-4-2)15(13-16)14-7-5-6-8-17-14/h5-8,15H,3-4,9-13,16H2,1-2H3. The lowest BCUT2D eigenvalue weighted by molar-refractivity contribution is 0.0631. The molecule has 20 heavy (non-hydrogen) atoms. The summed E-state index contributed by atoms with van der Waals surface area (Å²) in [5, 5.41) is 0. The van der Waals surface area contributed by atoms with Gasteiger partial charge in [-0.1, -0.05) is 6.07 Å². The molecule has 5 nitrogen and oxygen atoms in total. The third-order valence-electron chi connectivity index (χ3n) is 3.15. The van der Waals surface area contributed by atoms with E-state index in [0.717, 1.165) is 32.0 Å². The number of hydrogen-bond acceptors (Lipinski definition) is 5. The van der Waals surface area contributed by atoms with Crippen LogP contribution in [0, 0.1) is 0 Å². The first-order chi connectivity index (χ1) is 9.83. The van der Waals surface area contributed by atoms with E-state index in [0.29, 0.717) is 19.8 Å². The van der Waals surface area contributed by atoms with Gasteiger partial charge < -0.3 is 15.2 Å². The molecule has 5 heteroatoms. The average Bonchev–Trinajstić information content (AvgIpc) is 2.49. The Morgan fingerprint density at radius 1 is 1.15 bits per heavy atom. The summed E-state index contributed by atoms with van der Waals surface area (Å²) in [4.78, 5) is 6.71. The maximum atomic E-state index is 5.95. The second-order valence-electron chi connectivity index (χ2n) is 4.44. The molecule has 0 saturated heterocycles. The molecule has 0 aromatic carbocycles. The van der Waals surface area contributed by atoms with E-state index >= 15 is 0 Å². The Bertz CT molecular complexity index is 325. The monoisotopic (exact) mass is 281 g/mol. The van der Waals surface area contributed by atoms with Crippen LogP contribution in [-0.4, -0.2) is 55.9 Å². The van der Waals surface area contributed by atoms with Crippen LogP contribution in [0.3, 0.4) is 0 Å². The van der Waals surface area contributed by atoms with Crippen LogP contribution in [0.5, 0.6) is 0 Å². The van der Waals surface area contributed by atoms with Crippen molar-refractivity contribution in [3.8, 4) is 0 Å². The number of hydrogen-bond donors (Lipinski definition) is 1. The minimum absolute atomic E-state index is 0.108. The third kappa shape index (κ3) is 5.96. The van der Waals surface area contributed by atoms with E-state index in [-0.39, 0.29) is 6.04 Å². The number of pyridine rings is 1. The van der Waals surface area contributed by atoms with Gasteiger partial charge in [0.25, 0.3) is 0 Å². The molecular formula is C15H27N3O2. The summed E-state index contributed by atoms with van der Waals surface area (Å²) in [6, 6.07) is 6.04. The van der Waals surface area contributed by atoms with Crippen LogP contribution >= 0.6 is 0 Å². The highest BCUT2D eigenvalue weighted by molar-refractivity contribution is 5.09. The molecule has 0 amide bonds. The van der Waals surface area contributed by atoms with Gasteiger partial charge in [0.15, 0.2) is 0 Å². The molecule has 114 valence electrons. The molecule has 1 unspecified atom stereocenters. The van der Waals surface area contributed by atoms with Crippen molar-refractivity contribution < 1.29 is 9.47 Å². The number of aromatic nitrogens is 1. The normalized spacial score (nSPS) is 12.8. The molecule has 0 aliphatic heterocycles. The predicted octanol–water partition coefficient (Wildman–Crippen LogP) is 1.46. The van der Waals surface area contributed by atoms with Crippen LogP contribution in [0.2, 0.25) is 0 Å². The van der Waals surface area contributed by atoms with Gasteiger partial charge in [0.2, 0.25) is 0 Å². The molecule has 0 saturated carbocycles. The van der Waals surface area contributed by atoms with Crippen LogP contribution in [0.15, 0.2) is 24.4 Å². The first-order valence-electron chi connectivity index (χ1n) is 7.34. The fourth-order valence-electron chi connectivity index (χ4n) is 2.11. The highest BCUT2D eigenvalue weighted by Crippen LogP contribution is 2.16. The molecule has 0 spiro atoms. The van der Waals surface area contributed by atoms with Gasteiger partial charge in [-0.3, -0.25) is 9.88 Å². The Morgan fingerprint density at radius 3 is 2.25 bits per heavy atom. The van der Waals surface area contributed by atoms with E-state index in [1.54, 1.807) is 6.20 Å². The van der Waals surface area contributed by atoms with E-state index in [4.69, 9.17) is 15.2 Å². The Hall–Kier alpha value is -1.01. The summed E-state index contributed by atoms with van der Waals surface area (Å²) in [5.74, 6) is 0. The third-order valence-corrected chi connectivity index (χ3v) is 3.15. The zero-order valence-electron chi connectivity index (χ0n) is 12.6. The highest BCUT2D eigenvalue weighted by atomic mass is 16.5. The largest absolute Gasteiger partial charge is 0.380 e. The van der Waals surface area contributed by atoms with Gasteiger partial charge in [-0.15, -0.1) is 0 Å². The molecular weight excluding hydrogens is 254 g/mol. The van der Waals surface area contributed by atoms with Gasteiger partial charge in [-0.25, -0.2) is 0 Å². The molecule has 1 aromatic rings. The number of ether oxygens (including phenoxy) is 2. The first kappa shape index (κ1) is 17.0. The predicted molar refractivity (Wildman–Crippen MR) is 80.6 cm³/mol. The summed E-state index contributed by atoms with van der Waals surface area (Å²) < 4.78 is 10.9. The topological polar surface area (TPSA) is 60.6 Å². The van der Waals surface area contributed by atoms with Crippen molar-refractivity contribution in [2.45, 2.75) is 19.9 Å². The molecule has 0 aliphatic carbocycles. The SMILES string of the molecule is CCOCCN(CCOCC)C(CN)c1ccccn1. The van der Waals surface area contributed by atoms with Crippen molar-refractivity contribution in [1.29, 1.82) is 0 Å². The molecule has 0 radical (unpaired) electrons. The smallest absolute Gasteiger partial charge is 0.0646 e. The zero-order chi connectivity index (χ0) is 14.6. The van der Waals surface area contributed by atoms with Gasteiger partial charge in [-0.2, -0.15) is 0 Å². The molecule has 1 atom stereocenters. The second-order valence-corrected chi connectivity index (χ2v) is 4.44. The van der Waals surface area contributed by atoms with Crippen molar-refractivity contribution in [3.63, 3.8) is 0 Å². The maximum absolute atomic E-state index is 5.95. The van der Waals surface area contributed by atoms with Crippen LogP contribution < -0.4 is 5.73 Å². The van der Waals surface area contributed by atoms with Crippen molar-refractivity contribution in [2.75, 3.05) is 46.1 Å². The fraction of sp³-hybridized carbons (Fsp3) is 0.667. The van der Waals surface area contributed by atoms with Crippen LogP contribution in [-0.2, 0) is 9.47 Å². The van der Waals surface area contributed by atoms with Crippen molar-refractivity contribution in [3.05, 3.63) is 30.1 Å². The lowest BCUT2D eigenvalue weighted by Crippen LogP contribution is -2.38. The van der Waals surface area contributed by atoms with Gasteiger partial charge in [-0.05, 0) is 26.0 Å². The Morgan fingerprint density at radius 2 is 1.80 bits per heavy atom. The summed E-state index contributed by atoms with van der Waals surface area (Å²) in [6.45, 7) is 9.08. The molecule has 0 aliphatic rings. The maximum Gasteiger partial charge on any atom is 0.0646 e. The lowest BCUT2D eigenvalue weighted by atomic mass is 10.1. The average molecular weight is 281 g/mol. The summed E-state index contributed by atoms with van der Waals surface area (Å²) >= 11 is 0. The molecule has 1 rings (SSSR count). The first-order valence-corrected chi connectivity index (χ1v) is 7.34. The van der Waals surface area contributed by atoms with Crippen LogP contribution in [0.1, 0.15) is 25.6 Å². The van der Waals surface area contributed by atoms with Gasteiger partial charge in [0.1, 0.15) is 0 Å². The summed E-state index contributed by atoms with van der Waals surface area (Å²) in [7, 11) is 0. The number of nitrogens with two attached hydrogens (primary N) is 1. The van der Waals surface area contributed by atoms with Crippen LogP contribution in [0.25, 0.3) is 0 Å². The fourth-order valence-corrected chi connectivity index (χ4v) is 2.11. The van der Waals surface area contributed by atoms with E-state index in [2.05, 4.69) is 9.88 Å². The van der Waals surface area contributed by atoms with Crippen molar-refractivity contribution in [1.82, 2.24) is 9.88 Å². The van der Waals surface area contributed by atoms with E-state index in [9.17, 15) is 0 Å². The minimum atomic E-state index is 0.108.